The van der Waals surface area contributed by atoms with Gasteiger partial charge in [0, 0.05) is 10.8 Å². The number of fused-ring (bicyclic) bond motifs is 4. The van der Waals surface area contributed by atoms with Crippen LogP contribution >= 0.6 is 0 Å². The molecular weight excluding hydrogens is 418 g/mol. The third kappa shape index (κ3) is 3.33. The lowest BCUT2D eigenvalue weighted by atomic mass is 9.94. The number of hydrogen-bond acceptors (Lipinski definition) is 6. The number of phenols is 1. The predicted octanol–water partition coefficient (Wildman–Crippen LogP) is 5.12. The van der Waals surface area contributed by atoms with Gasteiger partial charge in [0.2, 0.25) is 0 Å². The molecule has 0 spiro atoms. The number of hydrogen-bond donors (Lipinski definition) is 3. The summed E-state index contributed by atoms with van der Waals surface area (Å²) >= 11 is 0. The van der Waals surface area contributed by atoms with Crippen LogP contribution in [-0.2, 0) is 4.74 Å². The second kappa shape index (κ2) is 7.16. The highest BCUT2D eigenvalue weighted by atomic mass is 16.6. The Morgan fingerprint density at radius 2 is 1.59 bits per heavy atom. The van der Waals surface area contributed by atoms with Crippen LogP contribution in [0.1, 0.15) is 41.5 Å². The molecule has 0 saturated heterocycles. The molecule has 0 unspecified atom stereocenters. The van der Waals surface area contributed by atoms with Crippen molar-refractivity contribution in [1.29, 1.82) is 0 Å². The number of ether oxygens (including phenoxy) is 2. The van der Waals surface area contributed by atoms with Crippen LogP contribution in [0.2, 0.25) is 0 Å². The van der Waals surface area contributed by atoms with E-state index in [0.717, 1.165) is 11.0 Å². The van der Waals surface area contributed by atoms with Crippen LogP contribution < -0.4 is 9.64 Å². The van der Waals surface area contributed by atoms with Crippen molar-refractivity contribution in [2.45, 2.75) is 26.4 Å². The zero-order chi connectivity index (χ0) is 23.4. The van der Waals surface area contributed by atoms with Crippen molar-refractivity contribution in [2.75, 3.05) is 4.90 Å². The number of nitrogens with zero attached hydrogens (tertiary/aromatic N) is 1. The number of benzene rings is 3. The standard InChI is InChI=1S/C23H19NO8/c1-23(2,3)32-22(30)24-14-6-4-5-7-15(14)31-19-17(21(28)29)16(20(26)27)13-10-11(25)8-9-12(13)18(19)24/h4-10,25H,1-3H3,(H,26,27)(H,28,29). The van der Waals surface area contributed by atoms with Crippen LogP contribution in [0.5, 0.6) is 17.2 Å². The molecule has 1 aliphatic rings. The summed E-state index contributed by atoms with van der Waals surface area (Å²) in [7, 11) is 0. The lowest BCUT2D eigenvalue weighted by Crippen LogP contribution is -2.35. The van der Waals surface area contributed by atoms with Gasteiger partial charge in [-0.1, -0.05) is 12.1 Å². The van der Waals surface area contributed by atoms with Gasteiger partial charge in [-0.3, -0.25) is 0 Å². The number of phenolic OH excluding ortho intramolecular Hbond substituents is 1. The van der Waals surface area contributed by atoms with E-state index in [1.807, 2.05) is 0 Å². The summed E-state index contributed by atoms with van der Waals surface area (Å²) in [5, 5.41) is 29.8. The van der Waals surface area contributed by atoms with Crippen molar-refractivity contribution in [3.8, 4) is 17.2 Å². The van der Waals surface area contributed by atoms with Crippen LogP contribution in [0.15, 0.2) is 42.5 Å². The first kappa shape index (κ1) is 21.0. The Kier molecular flexibility index (Phi) is 4.69. The molecule has 1 amide bonds. The van der Waals surface area contributed by atoms with Crippen molar-refractivity contribution in [3.63, 3.8) is 0 Å². The van der Waals surface area contributed by atoms with E-state index in [9.17, 15) is 29.7 Å². The molecule has 0 atom stereocenters. The molecule has 0 radical (unpaired) electrons. The van der Waals surface area contributed by atoms with E-state index < -0.39 is 34.8 Å². The molecule has 0 bridgehead atoms. The fourth-order valence-electron chi connectivity index (χ4n) is 3.64. The minimum atomic E-state index is -1.56. The maximum absolute atomic E-state index is 13.3. The topological polar surface area (TPSA) is 134 Å². The number of aromatic carboxylic acids is 2. The maximum Gasteiger partial charge on any atom is 0.419 e. The smallest absolute Gasteiger partial charge is 0.419 e. The predicted molar refractivity (Wildman–Crippen MR) is 114 cm³/mol. The largest absolute Gasteiger partial charge is 0.508 e. The summed E-state index contributed by atoms with van der Waals surface area (Å²) in [6, 6.07) is 10.3. The number of carboxylic acid groups (broad SMARTS) is 2. The summed E-state index contributed by atoms with van der Waals surface area (Å²) in [5.74, 6) is -3.50. The first-order valence-electron chi connectivity index (χ1n) is 9.59. The third-order valence-corrected chi connectivity index (χ3v) is 4.77. The normalized spacial score (nSPS) is 12.5. The molecule has 0 saturated carbocycles. The molecule has 0 aliphatic carbocycles. The molecule has 3 aromatic rings. The number of amides is 1. The van der Waals surface area contributed by atoms with E-state index in [1.54, 1.807) is 39.0 Å². The average Bonchev–Trinajstić information content (AvgIpc) is 2.69. The van der Waals surface area contributed by atoms with Crippen molar-refractivity contribution in [3.05, 3.63) is 53.6 Å². The summed E-state index contributed by atoms with van der Waals surface area (Å²) in [6.45, 7) is 5.06. The first-order valence-corrected chi connectivity index (χ1v) is 9.59. The maximum atomic E-state index is 13.3. The fourth-order valence-corrected chi connectivity index (χ4v) is 3.64. The van der Waals surface area contributed by atoms with E-state index in [4.69, 9.17) is 9.47 Å². The number of carbonyl (C=O) groups is 3. The third-order valence-electron chi connectivity index (χ3n) is 4.77. The van der Waals surface area contributed by atoms with Crippen molar-refractivity contribution in [1.82, 2.24) is 0 Å². The van der Waals surface area contributed by atoms with E-state index >= 15 is 0 Å². The van der Waals surface area contributed by atoms with E-state index in [1.165, 1.54) is 18.2 Å². The van der Waals surface area contributed by atoms with E-state index in [-0.39, 0.29) is 33.7 Å². The van der Waals surface area contributed by atoms with Crippen LogP contribution in [0.25, 0.3) is 10.8 Å². The van der Waals surface area contributed by atoms with Crippen LogP contribution in [0, 0.1) is 0 Å². The van der Waals surface area contributed by atoms with Crippen molar-refractivity contribution >= 4 is 40.2 Å². The summed E-state index contributed by atoms with van der Waals surface area (Å²) in [6.07, 6.45) is -0.803. The second-order valence-electron chi connectivity index (χ2n) is 8.15. The number of aromatic hydroxyl groups is 1. The van der Waals surface area contributed by atoms with Crippen molar-refractivity contribution < 1.29 is 39.2 Å². The summed E-state index contributed by atoms with van der Waals surface area (Å²) in [5.41, 5.74) is -1.77. The Balaban J connectivity index is 2.16. The van der Waals surface area contributed by atoms with Gasteiger partial charge in [-0.05, 0) is 51.1 Å². The first-order chi connectivity index (χ1) is 15.0. The molecule has 9 heteroatoms. The van der Waals surface area contributed by atoms with Gasteiger partial charge in [-0.15, -0.1) is 0 Å². The fraction of sp³-hybridized carbons (Fsp3) is 0.174. The summed E-state index contributed by atoms with van der Waals surface area (Å²) in [4.78, 5) is 38.7. The second-order valence-corrected chi connectivity index (χ2v) is 8.15. The molecule has 0 aromatic heterocycles. The quantitative estimate of drug-likeness (QED) is 0.503. The molecule has 164 valence electrons. The summed E-state index contributed by atoms with van der Waals surface area (Å²) < 4.78 is 11.4. The minimum Gasteiger partial charge on any atom is -0.508 e. The Labute approximate surface area is 182 Å². The average molecular weight is 437 g/mol. The zero-order valence-electron chi connectivity index (χ0n) is 17.4. The molecule has 9 nitrogen and oxygen atoms in total. The van der Waals surface area contributed by atoms with Gasteiger partial charge in [0.05, 0.1) is 11.3 Å². The highest BCUT2D eigenvalue weighted by Crippen LogP contribution is 2.53. The van der Waals surface area contributed by atoms with Gasteiger partial charge in [-0.25, -0.2) is 19.3 Å². The van der Waals surface area contributed by atoms with Gasteiger partial charge in [0.25, 0.3) is 0 Å². The SMILES string of the molecule is CC(C)(C)OC(=O)N1c2ccccc2Oc2c(C(=O)O)c(C(=O)O)c3cc(O)ccc3c21. The molecule has 1 aliphatic heterocycles. The monoisotopic (exact) mass is 437 g/mol. The zero-order valence-corrected chi connectivity index (χ0v) is 17.4. The number of carbonyl (C=O) groups excluding carboxylic acids is 1. The molecule has 4 rings (SSSR count). The van der Waals surface area contributed by atoms with Gasteiger partial charge in [0.15, 0.2) is 11.5 Å². The van der Waals surface area contributed by atoms with E-state index in [0.29, 0.717) is 5.69 Å². The highest BCUT2D eigenvalue weighted by Gasteiger charge is 2.39. The van der Waals surface area contributed by atoms with Crippen molar-refractivity contribution in [2.24, 2.45) is 0 Å². The Hall–Kier alpha value is -4.27. The number of rotatable bonds is 2. The highest BCUT2D eigenvalue weighted by molar-refractivity contribution is 6.21. The molecule has 1 heterocycles. The van der Waals surface area contributed by atoms with Gasteiger partial charge in [-0.2, -0.15) is 0 Å². The number of para-hydroxylation sites is 2. The number of carboxylic acids is 2. The molecule has 3 aromatic carbocycles. The van der Waals surface area contributed by atoms with E-state index in [2.05, 4.69) is 0 Å². The van der Waals surface area contributed by atoms with Crippen LogP contribution in [-0.4, -0.2) is 39.0 Å². The van der Waals surface area contributed by atoms with Crippen LogP contribution in [0.4, 0.5) is 16.2 Å². The molecular formula is C23H19NO8. The Bertz CT molecular complexity index is 1310. The van der Waals surface area contributed by atoms with Gasteiger partial charge in [0.1, 0.15) is 22.6 Å². The van der Waals surface area contributed by atoms with Gasteiger partial charge < -0.3 is 24.8 Å². The number of anilines is 2. The molecule has 3 N–H and O–H groups in total. The Morgan fingerprint density at radius 3 is 2.22 bits per heavy atom. The Morgan fingerprint density at radius 1 is 0.938 bits per heavy atom. The minimum absolute atomic E-state index is 0.00958. The molecule has 0 fully saturated rings. The van der Waals surface area contributed by atoms with Crippen LogP contribution in [0.3, 0.4) is 0 Å². The lowest BCUT2D eigenvalue weighted by molar-refractivity contribution is 0.0593. The lowest BCUT2D eigenvalue weighted by Gasteiger charge is -2.34. The van der Waals surface area contributed by atoms with Gasteiger partial charge >= 0.3 is 18.0 Å². The molecule has 32 heavy (non-hydrogen) atoms.